The van der Waals surface area contributed by atoms with Crippen molar-refractivity contribution in [2.75, 3.05) is 13.6 Å². The van der Waals surface area contributed by atoms with Gasteiger partial charge in [-0.1, -0.05) is 0 Å². The summed E-state index contributed by atoms with van der Waals surface area (Å²) in [6.07, 6.45) is 3.74. The molecule has 1 aliphatic rings. The van der Waals surface area contributed by atoms with Crippen LogP contribution in [0, 0.1) is 0 Å². The van der Waals surface area contributed by atoms with E-state index in [0.29, 0.717) is 6.42 Å². The molecule has 0 aromatic heterocycles. The normalized spacial score (nSPS) is 22.3. The number of Topliss-reactive ketones (excluding diaryl/α,β-unsaturated/α-hetero) is 1. The first-order chi connectivity index (χ1) is 5.20. The van der Waals surface area contributed by atoms with Crippen molar-refractivity contribution in [3.8, 4) is 0 Å². The molecule has 1 heterocycles. The summed E-state index contributed by atoms with van der Waals surface area (Å²) in [5.74, 6) is 0.0208. The third kappa shape index (κ3) is 2.52. The number of carbonyl (C=O) groups is 1. The monoisotopic (exact) mass is 175 g/mol. The molecule has 3 nitrogen and oxygen atoms in total. The van der Waals surface area contributed by atoms with Gasteiger partial charge in [-0.15, -0.1) is 0 Å². The van der Waals surface area contributed by atoms with Crippen LogP contribution in [0.15, 0.2) is 12.3 Å². The molecule has 0 radical (unpaired) electrons. The van der Waals surface area contributed by atoms with Gasteiger partial charge in [0.1, 0.15) is 0 Å². The fourth-order valence-corrected chi connectivity index (χ4v) is 1.03. The van der Waals surface area contributed by atoms with Gasteiger partial charge in [-0.3, -0.25) is 4.79 Å². The summed E-state index contributed by atoms with van der Waals surface area (Å²) in [5.41, 5.74) is 0. The van der Waals surface area contributed by atoms with Crippen LogP contribution < -0.4 is 0 Å². The van der Waals surface area contributed by atoms with Gasteiger partial charge in [0, 0.05) is 13.5 Å². The Hall–Kier alpha value is -0.540. The number of hydrogen-bond donors (Lipinski definition) is 0. The topological polar surface area (TPSA) is 29.5 Å². The molecule has 1 rings (SSSR count). The van der Waals surface area contributed by atoms with Crippen molar-refractivity contribution in [2.24, 2.45) is 0 Å². The largest absolute Gasteiger partial charge is 0.490 e. The van der Waals surface area contributed by atoms with E-state index in [0.717, 1.165) is 0 Å². The number of ketones is 1. The zero-order valence-corrected chi connectivity index (χ0v) is 7.04. The van der Waals surface area contributed by atoms with E-state index in [-0.39, 0.29) is 18.4 Å². The maximum atomic E-state index is 11.2. The maximum absolute atomic E-state index is 11.2. The van der Waals surface area contributed by atoms with Crippen LogP contribution in [0.1, 0.15) is 6.42 Å². The Morgan fingerprint density at radius 2 is 2.64 bits per heavy atom. The van der Waals surface area contributed by atoms with Crippen molar-refractivity contribution in [1.29, 1.82) is 0 Å². The highest BCUT2D eigenvalue weighted by molar-refractivity contribution is 6.14. The molecule has 1 aliphatic heterocycles. The third-order valence-corrected chi connectivity index (χ3v) is 1.54. The third-order valence-electron chi connectivity index (χ3n) is 1.42. The Kier molecular flexibility index (Phi) is 2.91. The summed E-state index contributed by atoms with van der Waals surface area (Å²) in [6.45, 7) is 0.230. The zero-order valence-electron chi connectivity index (χ0n) is 6.29. The highest BCUT2D eigenvalue weighted by atomic mass is 35.5. The number of hydrogen-bond acceptors (Lipinski definition) is 3. The highest BCUT2D eigenvalue weighted by Gasteiger charge is 2.21. The molecule has 0 amide bonds. The van der Waals surface area contributed by atoms with Crippen LogP contribution in [0.3, 0.4) is 0 Å². The first-order valence-corrected chi connectivity index (χ1v) is 3.74. The van der Waals surface area contributed by atoms with Crippen molar-refractivity contribution < 1.29 is 9.53 Å². The molecule has 0 fully saturated rings. The molecule has 0 aromatic rings. The van der Waals surface area contributed by atoms with E-state index in [1.807, 2.05) is 6.08 Å². The Morgan fingerprint density at radius 3 is 3.09 bits per heavy atom. The molecule has 11 heavy (non-hydrogen) atoms. The van der Waals surface area contributed by atoms with Crippen LogP contribution in [0.2, 0.25) is 0 Å². The van der Waals surface area contributed by atoms with E-state index >= 15 is 0 Å². The smallest absolute Gasteiger partial charge is 0.188 e. The summed E-state index contributed by atoms with van der Waals surface area (Å²) < 4.78 is 6.32. The van der Waals surface area contributed by atoms with Crippen molar-refractivity contribution >= 4 is 17.6 Å². The Morgan fingerprint density at radius 1 is 1.91 bits per heavy atom. The number of rotatable bonds is 3. The molecule has 0 spiro atoms. The fourth-order valence-electron chi connectivity index (χ4n) is 0.909. The number of halogens is 1. The van der Waals surface area contributed by atoms with Crippen LogP contribution in [0.25, 0.3) is 0 Å². The predicted molar refractivity (Wildman–Crippen MR) is 42.1 cm³/mol. The second-order valence-electron chi connectivity index (χ2n) is 2.46. The summed E-state index contributed by atoms with van der Waals surface area (Å²) in [7, 11) is 1.64. The van der Waals surface area contributed by atoms with E-state index in [1.165, 1.54) is 4.42 Å². The SMILES string of the molecule is CN(Cl)CC(=O)C1CC=CO1. The average molecular weight is 176 g/mol. The first-order valence-electron chi connectivity index (χ1n) is 3.40. The van der Waals surface area contributed by atoms with Crippen LogP contribution in [-0.2, 0) is 9.53 Å². The van der Waals surface area contributed by atoms with Gasteiger partial charge in [0.25, 0.3) is 0 Å². The van der Waals surface area contributed by atoms with E-state index in [4.69, 9.17) is 16.5 Å². The van der Waals surface area contributed by atoms with E-state index in [2.05, 4.69) is 0 Å². The van der Waals surface area contributed by atoms with Crippen molar-refractivity contribution in [3.05, 3.63) is 12.3 Å². The van der Waals surface area contributed by atoms with Crippen molar-refractivity contribution in [2.45, 2.75) is 12.5 Å². The lowest BCUT2D eigenvalue weighted by Gasteiger charge is -2.10. The van der Waals surface area contributed by atoms with E-state index in [1.54, 1.807) is 13.3 Å². The van der Waals surface area contributed by atoms with Gasteiger partial charge < -0.3 is 4.74 Å². The standard InChI is InChI=1S/C7H10ClNO2/c1-9(8)5-6(10)7-3-2-4-11-7/h2,4,7H,3,5H2,1H3. The number of likely N-dealkylation sites (N-methyl/N-ethyl adjacent to an activating group) is 1. The lowest BCUT2D eigenvalue weighted by atomic mass is 10.2. The Balaban J connectivity index is 2.30. The molecule has 4 heteroatoms. The van der Waals surface area contributed by atoms with Gasteiger partial charge in [0.2, 0.25) is 0 Å². The van der Waals surface area contributed by atoms with Gasteiger partial charge in [0.05, 0.1) is 12.8 Å². The van der Waals surface area contributed by atoms with Crippen LogP contribution in [-0.4, -0.2) is 29.9 Å². The molecule has 1 unspecified atom stereocenters. The van der Waals surface area contributed by atoms with Crippen molar-refractivity contribution in [3.63, 3.8) is 0 Å². The number of ether oxygens (including phenoxy) is 1. The summed E-state index contributed by atoms with van der Waals surface area (Å²) in [6, 6.07) is 0. The number of nitrogens with zero attached hydrogens (tertiary/aromatic N) is 1. The Labute approximate surface area is 70.7 Å². The minimum atomic E-state index is -0.309. The molecule has 0 aromatic carbocycles. The second kappa shape index (κ2) is 3.74. The second-order valence-corrected chi connectivity index (χ2v) is 3.04. The minimum Gasteiger partial charge on any atom is -0.490 e. The number of carbonyl (C=O) groups excluding carboxylic acids is 1. The lowest BCUT2D eigenvalue weighted by Crippen LogP contribution is -2.28. The molecule has 1 atom stereocenters. The molecule has 0 saturated heterocycles. The Bertz CT molecular complexity index is 171. The minimum absolute atomic E-state index is 0.0208. The van der Waals surface area contributed by atoms with E-state index in [9.17, 15) is 4.79 Å². The maximum Gasteiger partial charge on any atom is 0.188 e. The van der Waals surface area contributed by atoms with Gasteiger partial charge in [-0.05, 0) is 17.9 Å². The molecular weight excluding hydrogens is 166 g/mol. The van der Waals surface area contributed by atoms with Gasteiger partial charge in [-0.25, -0.2) is 4.42 Å². The summed E-state index contributed by atoms with van der Waals surface area (Å²) >= 11 is 5.49. The van der Waals surface area contributed by atoms with Crippen molar-refractivity contribution in [1.82, 2.24) is 4.42 Å². The molecular formula is C7H10ClNO2. The van der Waals surface area contributed by atoms with Gasteiger partial charge in [0.15, 0.2) is 11.9 Å². The molecule has 0 aliphatic carbocycles. The highest BCUT2D eigenvalue weighted by Crippen LogP contribution is 2.10. The first kappa shape index (κ1) is 8.56. The zero-order chi connectivity index (χ0) is 8.27. The molecule has 0 bridgehead atoms. The molecule has 0 N–H and O–H groups in total. The molecule has 0 saturated carbocycles. The van der Waals surface area contributed by atoms with Crippen LogP contribution in [0.4, 0.5) is 0 Å². The fraction of sp³-hybridized carbons (Fsp3) is 0.571. The summed E-state index contributed by atoms with van der Waals surface area (Å²) in [4.78, 5) is 11.2. The lowest BCUT2D eigenvalue weighted by molar-refractivity contribution is -0.126. The van der Waals surface area contributed by atoms with Crippen LogP contribution in [0.5, 0.6) is 0 Å². The quantitative estimate of drug-likeness (QED) is 0.598. The van der Waals surface area contributed by atoms with Gasteiger partial charge in [-0.2, -0.15) is 0 Å². The van der Waals surface area contributed by atoms with E-state index < -0.39 is 0 Å². The average Bonchev–Trinajstić information content (AvgIpc) is 2.35. The van der Waals surface area contributed by atoms with Gasteiger partial charge >= 0.3 is 0 Å². The summed E-state index contributed by atoms with van der Waals surface area (Å²) in [5, 5.41) is 0. The van der Waals surface area contributed by atoms with Crippen LogP contribution >= 0.6 is 11.8 Å². The molecule has 62 valence electrons. The predicted octanol–water partition coefficient (Wildman–Crippen LogP) is 0.944.